The number of carbonyl (C=O) groups excluding carboxylic acids is 4. The molecule has 0 aliphatic carbocycles. The van der Waals surface area contributed by atoms with Gasteiger partial charge in [-0.3, -0.25) is 37.3 Å². The Bertz CT molecular complexity index is 1790. The lowest BCUT2D eigenvalue weighted by atomic mass is 9.99. The molecular weight excluding hydrogens is 1190 g/mol. The Morgan fingerprint density at radius 3 is 0.789 bits per heavy atom. The van der Waals surface area contributed by atoms with Crippen molar-refractivity contribution in [2.45, 2.75) is 369 Å². The van der Waals surface area contributed by atoms with Gasteiger partial charge in [0.25, 0.3) is 0 Å². The largest absolute Gasteiger partial charge is 0.472 e. The fraction of sp³-hybridized carbons (Fsp3) is 0.944. The summed E-state index contributed by atoms with van der Waals surface area (Å²) < 4.78 is 68.3. The molecule has 4 unspecified atom stereocenters. The van der Waals surface area contributed by atoms with E-state index in [1.165, 1.54) is 148 Å². The predicted molar refractivity (Wildman–Crippen MR) is 363 cm³/mol. The summed E-state index contributed by atoms with van der Waals surface area (Å²) in [6.07, 6.45) is 43.0. The SMILES string of the molecule is CCC(C)CCCCCCCCCCC(=O)OC[C@H](COP(=O)(O)OC[C@@H](O)COP(=O)(O)OC[C@@H](COC(=O)CCCCCCCCC(C)CC)OC(=O)CCCCCCCCCCCCCCC(C)C)OC(=O)CCCCCCCCCCCCC(C)C. The van der Waals surface area contributed by atoms with Gasteiger partial charge in [0.05, 0.1) is 26.4 Å². The smallest absolute Gasteiger partial charge is 0.462 e. The standard InChI is InChI=1S/C71H138O17P2/c1-9-63(7)49-41-33-25-21-22-26-35-43-51-68(73)81-57-66(87-71(76)54-46-38-28-20-16-15-18-24-32-40-48-62(5)6)59-85-89(77,78)83-55-65(72)56-84-90(79,80)86-60-67(58-82-69(74)52-44-36-30-29-34-42-50-64(8)10-2)88-70(75)53-45-37-27-19-14-12-11-13-17-23-31-39-47-61(3)4/h61-67,72H,9-60H2,1-8H3,(H,77,78)(H,79,80)/t63?,64?,65-,66-,67-/m1/s1. The molecule has 0 fully saturated rings. The van der Waals surface area contributed by atoms with Crippen molar-refractivity contribution in [3.8, 4) is 0 Å². The predicted octanol–water partition coefficient (Wildman–Crippen LogP) is 20.1. The minimum atomic E-state index is -4.95. The molecule has 0 aliphatic heterocycles. The van der Waals surface area contributed by atoms with Crippen molar-refractivity contribution >= 4 is 39.5 Å². The third-order valence-corrected chi connectivity index (χ3v) is 18.9. The molecule has 0 heterocycles. The third kappa shape index (κ3) is 62.2. The molecule has 534 valence electrons. The van der Waals surface area contributed by atoms with E-state index < -0.39 is 97.5 Å². The van der Waals surface area contributed by atoms with Gasteiger partial charge in [-0.2, -0.15) is 0 Å². The highest BCUT2D eigenvalue weighted by Gasteiger charge is 2.30. The summed E-state index contributed by atoms with van der Waals surface area (Å²) in [4.78, 5) is 72.6. The van der Waals surface area contributed by atoms with E-state index in [9.17, 15) is 43.2 Å². The highest BCUT2D eigenvalue weighted by atomic mass is 31.2. The summed E-state index contributed by atoms with van der Waals surface area (Å²) in [5.74, 6) is 0.908. The number of aliphatic hydroxyl groups is 1. The van der Waals surface area contributed by atoms with Gasteiger partial charge in [-0.15, -0.1) is 0 Å². The average Bonchev–Trinajstić information content (AvgIpc) is 3.71. The molecule has 0 radical (unpaired) electrons. The Balaban J connectivity index is 5.27. The van der Waals surface area contributed by atoms with Crippen LogP contribution >= 0.6 is 15.6 Å². The highest BCUT2D eigenvalue weighted by molar-refractivity contribution is 7.47. The number of aliphatic hydroxyl groups excluding tert-OH is 1. The summed E-state index contributed by atoms with van der Waals surface area (Å²) in [7, 11) is -9.91. The van der Waals surface area contributed by atoms with Crippen LogP contribution in [0.2, 0.25) is 0 Å². The van der Waals surface area contributed by atoms with Crippen LogP contribution in [0.1, 0.15) is 351 Å². The normalized spacial score (nSPS) is 14.9. The van der Waals surface area contributed by atoms with E-state index in [2.05, 4.69) is 55.4 Å². The lowest BCUT2D eigenvalue weighted by molar-refractivity contribution is -0.161. The van der Waals surface area contributed by atoms with Crippen molar-refractivity contribution in [1.82, 2.24) is 0 Å². The second kappa shape index (κ2) is 60.7. The van der Waals surface area contributed by atoms with Crippen LogP contribution in [-0.2, 0) is 65.4 Å². The van der Waals surface area contributed by atoms with Crippen LogP contribution in [0, 0.1) is 23.7 Å². The molecule has 0 aromatic heterocycles. The number of hydrogen-bond acceptors (Lipinski definition) is 15. The van der Waals surface area contributed by atoms with Crippen LogP contribution in [0.25, 0.3) is 0 Å². The van der Waals surface area contributed by atoms with Crippen LogP contribution < -0.4 is 0 Å². The lowest BCUT2D eigenvalue weighted by Gasteiger charge is -2.21. The van der Waals surface area contributed by atoms with Crippen LogP contribution in [0.5, 0.6) is 0 Å². The van der Waals surface area contributed by atoms with E-state index in [1.54, 1.807) is 0 Å². The zero-order valence-electron chi connectivity index (χ0n) is 58.8. The number of phosphoric ester groups is 2. The first kappa shape index (κ1) is 88.1. The number of unbranched alkanes of at least 4 members (excludes halogenated alkanes) is 32. The van der Waals surface area contributed by atoms with Crippen molar-refractivity contribution in [3.63, 3.8) is 0 Å². The maximum absolute atomic E-state index is 13.0. The van der Waals surface area contributed by atoms with E-state index in [-0.39, 0.29) is 25.7 Å². The Labute approximate surface area is 549 Å². The fourth-order valence-corrected chi connectivity index (χ4v) is 12.2. The van der Waals surface area contributed by atoms with Crippen LogP contribution in [0.4, 0.5) is 0 Å². The topological polar surface area (TPSA) is 237 Å². The zero-order chi connectivity index (χ0) is 66.8. The lowest BCUT2D eigenvalue weighted by Crippen LogP contribution is -2.30. The summed E-state index contributed by atoms with van der Waals surface area (Å²) in [5, 5.41) is 10.6. The Kier molecular flexibility index (Phi) is 59.4. The molecule has 0 aliphatic rings. The monoisotopic (exact) mass is 1320 g/mol. The molecule has 0 aromatic carbocycles. The van der Waals surface area contributed by atoms with Crippen molar-refractivity contribution in [1.29, 1.82) is 0 Å². The second-order valence-corrected chi connectivity index (χ2v) is 30.0. The molecular formula is C71H138O17P2. The Morgan fingerprint density at radius 1 is 0.311 bits per heavy atom. The van der Waals surface area contributed by atoms with Crippen LogP contribution in [-0.4, -0.2) is 96.7 Å². The Morgan fingerprint density at radius 2 is 0.533 bits per heavy atom. The molecule has 19 heteroatoms. The number of esters is 4. The quantitative estimate of drug-likeness (QED) is 0.0222. The van der Waals surface area contributed by atoms with Crippen molar-refractivity contribution in [2.24, 2.45) is 23.7 Å². The molecule has 0 rings (SSSR count). The second-order valence-electron chi connectivity index (χ2n) is 27.1. The van der Waals surface area contributed by atoms with Crippen molar-refractivity contribution in [3.05, 3.63) is 0 Å². The van der Waals surface area contributed by atoms with Gasteiger partial charge < -0.3 is 33.8 Å². The van der Waals surface area contributed by atoms with Crippen molar-refractivity contribution < 1.29 is 80.2 Å². The fourth-order valence-electron chi connectivity index (χ4n) is 10.6. The molecule has 0 aromatic rings. The van der Waals surface area contributed by atoms with Gasteiger partial charge >= 0.3 is 39.5 Å². The average molecular weight is 1330 g/mol. The van der Waals surface area contributed by atoms with Crippen LogP contribution in [0.15, 0.2) is 0 Å². The van der Waals surface area contributed by atoms with E-state index >= 15 is 0 Å². The molecule has 7 atom stereocenters. The van der Waals surface area contributed by atoms with Gasteiger partial charge in [-0.05, 0) is 49.4 Å². The number of ether oxygens (including phenoxy) is 4. The molecule has 0 bridgehead atoms. The first-order chi connectivity index (χ1) is 43.2. The minimum Gasteiger partial charge on any atom is -0.462 e. The number of hydrogen-bond donors (Lipinski definition) is 3. The molecule has 0 saturated carbocycles. The van der Waals surface area contributed by atoms with E-state index in [0.717, 1.165) is 120 Å². The summed E-state index contributed by atoms with van der Waals surface area (Å²) in [5.41, 5.74) is 0. The maximum atomic E-state index is 13.0. The highest BCUT2D eigenvalue weighted by Crippen LogP contribution is 2.45. The van der Waals surface area contributed by atoms with Gasteiger partial charge in [0.15, 0.2) is 12.2 Å². The van der Waals surface area contributed by atoms with E-state index in [4.69, 9.17) is 37.0 Å². The van der Waals surface area contributed by atoms with Gasteiger partial charge in [0, 0.05) is 25.7 Å². The molecule has 3 N–H and O–H groups in total. The Hall–Kier alpha value is -1.94. The first-order valence-electron chi connectivity index (χ1n) is 36.8. The van der Waals surface area contributed by atoms with Gasteiger partial charge in [-0.1, -0.05) is 299 Å². The summed E-state index contributed by atoms with van der Waals surface area (Å²) >= 11 is 0. The number of carbonyl (C=O) groups is 4. The first-order valence-corrected chi connectivity index (χ1v) is 39.8. The summed E-state index contributed by atoms with van der Waals surface area (Å²) in [6.45, 7) is 14.1. The number of phosphoric acid groups is 2. The van der Waals surface area contributed by atoms with Crippen LogP contribution in [0.3, 0.4) is 0 Å². The molecule has 0 amide bonds. The van der Waals surface area contributed by atoms with Gasteiger partial charge in [-0.25, -0.2) is 9.13 Å². The molecule has 17 nitrogen and oxygen atoms in total. The van der Waals surface area contributed by atoms with Gasteiger partial charge in [0.1, 0.15) is 19.3 Å². The zero-order valence-corrected chi connectivity index (χ0v) is 60.6. The van der Waals surface area contributed by atoms with Crippen molar-refractivity contribution in [2.75, 3.05) is 39.6 Å². The number of rotatable bonds is 68. The molecule has 90 heavy (non-hydrogen) atoms. The van der Waals surface area contributed by atoms with E-state index in [1.807, 2.05) is 0 Å². The minimum absolute atomic E-state index is 0.105. The van der Waals surface area contributed by atoms with E-state index in [0.29, 0.717) is 25.7 Å². The third-order valence-electron chi connectivity index (χ3n) is 17.0. The molecule has 0 saturated heterocycles. The van der Waals surface area contributed by atoms with Gasteiger partial charge in [0.2, 0.25) is 0 Å². The maximum Gasteiger partial charge on any atom is 0.472 e. The molecule has 0 spiro atoms. The summed E-state index contributed by atoms with van der Waals surface area (Å²) in [6, 6.07) is 0.